The monoisotopic (exact) mass is 256 g/mol. The first-order valence-corrected chi connectivity index (χ1v) is 6.13. The summed E-state index contributed by atoms with van der Waals surface area (Å²) in [5.41, 5.74) is -0.152. The van der Waals surface area contributed by atoms with E-state index in [2.05, 4.69) is 17.6 Å². The lowest BCUT2D eigenvalue weighted by atomic mass is 10.2. The van der Waals surface area contributed by atoms with Crippen molar-refractivity contribution in [1.82, 2.24) is 5.32 Å². The molecule has 0 bridgehead atoms. The summed E-state index contributed by atoms with van der Waals surface area (Å²) in [5.74, 6) is -1.24. The summed E-state index contributed by atoms with van der Waals surface area (Å²) in [4.78, 5) is 11.4. The smallest absolute Gasteiger partial charge is 0.319 e. The predicted octanol–water partition coefficient (Wildman–Crippen LogP) is 3.67. The van der Waals surface area contributed by atoms with Crippen molar-refractivity contribution in [2.24, 2.45) is 0 Å². The molecule has 2 amide bonds. The Hall–Kier alpha value is -1.65. The van der Waals surface area contributed by atoms with Gasteiger partial charge < -0.3 is 10.6 Å². The van der Waals surface area contributed by atoms with Gasteiger partial charge in [0.05, 0.1) is 5.69 Å². The molecular weight excluding hydrogens is 238 g/mol. The molecule has 0 aliphatic heterocycles. The van der Waals surface area contributed by atoms with Crippen LogP contribution in [0.2, 0.25) is 0 Å². The van der Waals surface area contributed by atoms with E-state index in [-0.39, 0.29) is 5.69 Å². The summed E-state index contributed by atoms with van der Waals surface area (Å²) in [7, 11) is 0. The fraction of sp³-hybridized carbons (Fsp3) is 0.462. The van der Waals surface area contributed by atoms with E-state index in [1.54, 1.807) is 0 Å². The largest absolute Gasteiger partial charge is 0.338 e. The first-order chi connectivity index (χ1) is 8.63. The average molecular weight is 256 g/mol. The van der Waals surface area contributed by atoms with Crippen LogP contribution in [0.5, 0.6) is 0 Å². The van der Waals surface area contributed by atoms with E-state index >= 15 is 0 Å². The zero-order valence-corrected chi connectivity index (χ0v) is 10.4. The van der Waals surface area contributed by atoms with Gasteiger partial charge in [-0.1, -0.05) is 26.2 Å². The van der Waals surface area contributed by atoms with Gasteiger partial charge in [0.25, 0.3) is 0 Å². The zero-order valence-electron chi connectivity index (χ0n) is 10.4. The molecule has 1 rings (SSSR count). The lowest BCUT2D eigenvalue weighted by molar-refractivity contribution is 0.251. The number of benzene rings is 1. The summed E-state index contributed by atoms with van der Waals surface area (Å²) in [6.07, 6.45) is 4.18. The number of amides is 2. The predicted molar refractivity (Wildman–Crippen MR) is 67.5 cm³/mol. The third-order valence-electron chi connectivity index (χ3n) is 2.49. The number of urea groups is 1. The SMILES string of the molecule is CCCCCCNC(=O)Nc1cc(F)ccc1F. The van der Waals surface area contributed by atoms with Crippen molar-refractivity contribution in [3.8, 4) is 0 Å². The van der Waals surface area contributed by atoms with Crippen LogP contribution in [0.15, 0.2) is 18.2 Å². The fourth-order valence-corrected chi connectivity index (χ4v) is 1.51. The molecule has 0 aromatic heterocycles. The van der Waals surface area contributed by atoms with Gasteiger partial charge in [0.1, 0.15) is 11.6 Å². The number of halogens is 2. The maximum Gasteiger partial charge on any atom is 0.319 e. The quantitative estimate of drug-likeness (QED) is 0.749. The van der Waals surface area contributed by atoms with E-state index in [4.69, 9.17) is 0 Å². The third-order valence-corrected chi connectivity index (χ3v) is 2.49. The van der Waals surface area contributed by atoms with Gasteiger partial charge in [-0.3, -0.25) is 0 Å². The van der Waals surface area contributed by atoms with Crippen molar-refractivity contribution in [3.63, 3.8) is 0 Å². The fourth-order valence-electron chi connectivity index (χ4n) is 1.51. The van der Waals surface area contributed by atoms with Crippen LogP contribution in [0.1, 0.15) is 32.6 Å². The molecule has 0 aliphatic rings. The molecule has 0 atom stereocenters. The van der Waals surface area contributed by atoms with Crippen LogP contribution in [0, 0.1) is 11.6 Å². The van der Waals surface area contributed by atoms with Gasteiger partial charge in [-0.15, -0.1) is 0 Å². The standard InChI is InChI=1S/C13H18F2N2O/c1-2-3-4-5-8-16-13(18)17-12-9-10(14)6-7-11(12)15/h6-7,9H,2-5,8H2,1H3,(H2,16,17,18). The maximum atomic E-state index is 13.2. The van der Waals surface area contributed by atoms with Crippen molar-refractivity contribution >= 4 is 11.7 Å². The highest BCUT2D eigenvalue weighted by Crippen LogP contribution is 2.14. The van der Waals surface area contributed by atoms with E-state index in [9.17, 15) is 13.6 Å². The summed E-state index contributed by atoms with van der Waals surface area (Å²) in [6, 6.07) is 2.41. The first kappa shape index (κ1) is 14.4. The molecule has 0 heterocycles. The maximum absolute atomic E-state index is 13.2. The number of hydrogen-bond acceptors (Lipinski definition) is 1. The molecule has 0 saturated heterocycles. The lowest BCUT2D eigenvalue weighted by Gasteiger charge is -2.08. The van der Waals surface area contributed by atoms with Crippen LogP contribution < -0.4 is 10.6 Å². The van der Waals surface area contributed by atoms with Crippen molar-refractivity contribution < 1.29 is 13.6 Å². The molecule has 0 aliphatic carbocycles. The van der Waals surface area contributed by atoms with E-state index in [0.29, 0.717) is 6.54 Å². The molecule has 1 aromatic rings. The topological polar surface area (TPSA) is 41.1 Å². The zero-order chi connectivity index (χ0) is 13.4. The van der Waals surface area contributed by atoms with Crippen LogP contribution in [0.25, 0.3) is 0 Å². The Morgan fingerprint density at radius 3 is 2.72 bits per heavy atom. The second-order valence-electron chi connectivity index (χ2n) is 4.07. The van der Waals surface area contributed by atoms with Gasteiger partial charge in [0.15, 0.2) is 0 Å². The normalized spacial score (nSPS) is 10.2. The first-order valence-electron chi connectivity index (χ1n) is 6.13. The Bertz CT molecular complexity index is 397. The number of unbranched alkanes of at least 4 members (excludes halogenated alkanes) is 3. The second kappa shape index (κ2) is 7.63. The molecule has 18 heavy (non-hydrogen) atoms. The minimum absolute atomic E-state index is 0.152. The molecule has 1 aromatic carbocycles. The van der Waals surface area contributed by atoms with Gasteiger partial charge in [-0.25, -0.2) is 13.6 Å². The van der Waals surface area contributed by atoms with Gasteiger partial charge in [-0.2, -0.15) is 0 Å². The molecule has 100 valence electrons. The van der Waals surface area contributed by atoms with Crippen molar-refractivity contribution in [1.29, 1.82) is 0 Å². The molecule has 5 heteroatoms. The minimum Gasteiger partial charge on any atom is -0.338 e. The van der Waals surface area contributed by atoms with E-state index in [1.165, 1.54) is 0 Å². The van der Waals surface area contributed by atoms with Crippen LogP contribution >= 0.6 is 0 Å². The molecule has 0 saturated carbocycles. The van der Waals surface area contributed by atoms with Gasteiger partial charge >= 0.3 is 6.03 Å². The summed E-state index contributed by atoms with van der Waals surface area (Å²) in [5, 5.41) is 4.87. The Balaban J connectivity index is 2.33. The van der Waals surface area contributed by atoms with E-state index < -0.39 is 17.7 Å². The second-order valence-corrected chi connectivity index (χ2v) is 4.07. The van der Waals surface area contributed by atoms with Crippen LogP contribution in [0.3, 0.4) is 0 Å². The van der Waals surface area contributed by atoms with Crippen LogP contribution in [-0.2, 0) is 0 Å². The number of carbonyl (C=O) groups excluding carboxylic acids is 1. The number of anilines is 1. The number of carbonyl (C=O) groups is 1. The molecular formula is C13H18F2N2O. The Kier molecular flexibility index (Phi) is 6.11. The number of hydrogen-bond donors (Lipinski definition) is 2. The molecule has 2 N–H and O–H groups in total. The van der Waals surface area contributed by atoms with E-state index in [0.717, 1.165) is 43.9 Å². The number of rotatable bonds is 6. The Morgan fingerprint density at radius 1 is 1.22 bits per heavy atom. The number of nitrogens with one attached hydrogen (secondary N) is 2. The van der Waals surface area contributed by atoms with Crippen LogP contribution in [-0.4, -0.2) is 12.6 Å². The molecule has 0 fully saturated rings. The van der Waals surface area contributed by atoms with Gasteiger partial charge in [0.2, 0.25) is 0 Å². The Morgan fingerprint density at radius 2 is 2.00 bits per heavy atom. The third kappa shape index (κ3) is 5.12. The highest BCUT2D eigenvalue weighted by molar-refractivity contribution is 5.89. The van der Waals surface area contributed by atoms with Crippen molar-refractivity contribution in [2.75, 3.05) is 11.9 Å². The molecule has 0 spiro atoms. The molecule has 3 nitrogen and oxygen atoms in total. The Labute approximate surface area is 106 Å². The van der Waals surface area contributed by atoms with Gasteiger partial charge in [-0.05, 0) is 18.6 Å². The van der Waals surface area contributed by atoms with Gasteiger partial charge in [0, 0.05) is 12.6 Å². The highest BCUT2D eigenvalue weighted by atomic mass is 19.1. The van der Waals surface area contributed by atoms with Crippen molar-refractivity contribution in [3.05, 3.63) is 29.8 Å². The average Bonchev–Trinajstić information content (AvgIpc) is 2.33. The summed E-state index contributed by atoms with van der Waals surface area (Å²) >= 11 is 0. The molecule has 0 radical (unpaired) electrons. The molecule has 0 unspecified atom stereocenters. The minimum atomic E-state index is -0.655. The lowest BCUT2D eigenvalue weighted by Crippen LogP contribution is -2.29. The highest BCUT2D eigenvalue weighted by Gasteiger charge is 2.07. The summed E-state index contributed by atoms with van der Waals surface area (Å²) < 4.78 is 26.1. The summed E-state index contributed by atoms with van der Waals surface area (Å²) in [6.45, 7) is 2.63. The van der Waals surface area contributed by atoms with Crippen molar-refractivity contribution in [2.45, 2.75) is 32.6 Å². The van der Waals surface area contributed by atoms with E-state index in [1.807, 2.05) is 0 Å². The van der Waals surface area contributed by atoms with Crippen LogP contribution in [0.4, 0.5) is 19.3 Å².